The number of alkyl halides is 3. The number of nitrogens with zero attached hydrogens (tertiary/aromatic N) is 1. The summed E-state index contributed by atoms with van der Waals surface area (Å²) in [6, 6.07) is -0.119. The molecule has 0 aromatic rings. The van der Waals surface area contributed by atoms with E-state index in [1.54, 1.807) is 13.8 Å². The van der Waals surface area contributed by atoms with Gasteiger partial charge in [0.15, 0.2) is 0 Å². The highest BCUT2D eigenvalue weighted by Crippen LogP contribution is 2.34. The van der Waals surface area contributed by atoms with E-state index in [0.717, 1.165) is 12.8 Å². The van der Waals surface area contributed by atoms with Gasteiger partial charge in [0, 0.05) is 25.8 Å². The van der Waals surface area contributed by atoms with Crippen molar-refractivity contribution >= 4 is 12.6 Å². The summed E-state index contributed by atoms with van der Waals surface area (Å²) in [5.74, 6) is 0.609. The van der Waals surface area contributed by atoms with Crippen molar-refractivity contribution in [3.63, 3.8) is 0 Å². The monoisotopic (exact) mass is 285 g/mol. The molecule has 0 unspecified atom stereocenters. The normalized spacial score (nSPS) is 20.7. The summed E-state index contributed by atoms with van der Waals surface area (Å²) >= 11 is 4.34. The molecule has 0 aliphatic carbocycles. The van der Waals surface area contributed by atoms with Crippen molar-refractivity contribution in [1.82, 2.24) is 4.90 Å². The van der Waals surface area contributed by atoms with Gasteiger partial charge in [0.2, 0.25) is 0 Å². The Kier molecular flexibility index (Phi) is 5.80. The number of rotatable bonds is 5. The molecule has 0 aromatic carbocycles. The molecule has 1 heterocycles. The van der Waals surface area contributed by atoms with Gasteiger partial charge in [0.05, 0.1) is 6.54 Å². The van der Waals surface area contributed by atoms with E-state index in [9.17, 15) is 13.2 Å². The predicted octanol–water partition coefficient (Wildman–Crippen LogP) is 2.99. The van der Waals surface area contributed by atoms with Crippen LogP contribution < -0.4 is 0 Å². The van der Waals surface area contributed by atoms with Crippen molar-refractivity contribution in [3.8, 4) is 0 Å². The Morgan fingerprint density at radius 3 is 2.22 bits per heavy atom. The highest BCUT2D eigenvalue weighted by Gasteiger charge is 2.38. The Morgan fingerprint density at radius 1 is 1.28 bits per heavy atom. The Hall–Kier alpha value is 0.0600. The zero-order valence-electron chi connectivity index (χ0n) is 11.0. The first-order valence-electron chi connectivity index (χ1n) is 6.27. The van der Waals surface area contributed by atoms with Crippen LogP contribution in [-0.2, 0) is 4.74 Å². The molecule has 18 heavy (non-hydrogen) atoms. The van der Waals surface area contributed by atoms with Crippen LogP contribution in [0.25, 0.3) is 0 Å². The minimum absolute atomic E-state index is 0.119. The lowest BCUT2D eigenvalue weighted by Gasteiger charge is -2.41. The van der Waals surface area contributed by atoms with E-state index < -0.39 is 12.7 Å². The van der Waals surface area contributed by atoms with Crippen molar-refractivity contribution in [2.24, 2.45) is 5.41 Å². The van der Waals surface area contributed by atoms with Crippen LogP contribution in [0.1, 0.15) is 26.7 Å². The average molecular weight is 285 g/mol. The molecule has 0 amide bonds. The second kappa shape index (κ2) is 6.48. The highest BCUT2D eigenvalue weighted by atomic mass is 32.1. The number of thiol groups is 1. The van der Waals surface area contributed by atoms with E-state index in [4.69, 9.17) is 4.74 Å². The first-order valence-corrected chi connectivity index (χ1v) is 6.91. The molecule has 0 bridgehead atoms. The van der Waals surface area contributed by atoms with Gasteiger partial charge >= 0.3 is 6.18 Å². The van der Waals surface area contributed by atoms with Crippen molar-refractivity contribution in [1.29, 1.82) is 0 Å². The van der Waals surface area contributed by atoms with Gasteiger partial charge in [-0.2, -0.15) is 25.8 Å². The second-order valence-corrected chi connectivity index (χ2v) is 5.70. The molecular formula is C12H22F3NOS. The lowest BCUT2D eigenvalue weighted by Crippen LogP contribution is -2.48. The Bertz CT molecular complexity index is 252. The fourth-order valence-corrected chi connectivity index (χ4v) is 2.67. The van der Waals surface area contributed by atoms with Crippen LogP contribution in [0, 0.1) is 5.41 Å². The quantitative estimate of drug-likeness (QED) is 0.780. The van der Waals surface area contributed by atoms with E-state index in [1.165, 1.54) is 4.90 Å². The molecule has 0 spiro atoms. The molecule has 0 atom stereocenters. The Morgan fingerprint density at radius 2 is 1.83 bits per heavy atom. The number of ether oxygens (including phenoxy) is 1. The standard InChI is InChI=1S/C12H22F3NOS/c1-10(2)16(8-12(13,14)15)7-11(9-18)3-5-17-6-4-11/h10,18H,3-9H2,1-2H3. The van der Waals surface area contributed by atoms with Gasteiger partial charge in [-0.3, -0.25) is 4.90 Å². The van der Waals surface area contributed by atoms with Crippen LogP contribution in [-0.4, -0.2) is 49.2 Å². The van der Waals surface area contributed by atoms with E-state index in [2.05, 4.69) is 12.6 Å². The van der Waals surface area contributed by atoms with Gasteiger partial charge in [-0.25, -0.2) is 0 Å². The SMILES string of the molecule is CC(C)N(CC(F)(F)F)CC1(CS)CCOCC1. The summed E-state index contributed by atoms with van der Waals surface area (Å²) in [6.07, 6.45) is -2.57. The largest absolute Gasteiger partial charge is 0.401 e. The minimum Gasteiger partial charge on any atom is -0.381 e. The summed E-state index contributed by atoms with van der Waals surface area (Å²) in [5.41, 5.74) is -0.142. The summed E-state index contributed by atoms with van der Waals surface area (Å²) < 4.78 is 43.0. The molecule has 108 valence electrons. The van der Waals surface area contributed by atoms with Gasteiger partial charge in [0.1, 0.15) is 0 Å². The first-order chi connectivity index (χ1) is 8.28. The zero-order chi connectivity index (χ0) is 13.8. The number of halogens is 3. The maximum Gasteiger partial charge on any atom is 0.401 e. The molecule has 1 saturated heterocycles. The number of hydrogen-bond donors (Lipinski definition) is 1. The summed E-state index contributed by atoms with van der Waals surface area (Å²) in [5, 5.41) is 0. The van der Waals surface area contributed by atoms with Crippen LogP contribution in [0.4, 0.5) is 13.2 Å². The maximum absolute atomic E-state index is 12.6. The van der Waals surface area contributed by atoms with Crippen LogP contribution in [0.3, 0.4) is 0 Å². The van der Waals surface area contributed by atoms with Gasteiger partial charge < -0.3 is 4.74 Å². The van der Waals surface area contributed by atoms with E-state index in [0.29, 0.717) is 25.5 Å². The van der Waals surface area contributed by atoms with E-state index >= 15 is 0 Å². The van der Waals surface area contributed by atoms with Gasteiger partial charge in [-0.15, -0.1) is 0 Å². The van der Waals surface area contributed by atoms with Gasteiger partial charge in [0.25, 0.3) is 0 Å². The Labute approximate surface area is 112 Å². The van der Waals surface area contributed by atoms with Gasteiger partial charge in [-0.1, -0.05) is 0 Å². The molecule has 1 rings (SSSR count). The van der Waals surface area contributed by atoms with Gasteiger partial charge in [-0.05, 0) is 37.9 Å². The van der Waals surface area contributed by atoms with Crippen molar-refractivity contribution in [2.75, 3.05) is 32.1 Å². The third-order valence-electron chi connectivity index (χ3n) is 3.54. The molecule has 0 N–H and O–H groups in total. The molecule has 6 heteroatoms. The predicted molar refractivity (Wildman–Crippen MR) is 69.1 cm³/mol. The third-order valence-corrected chi connectivity index (χ3v) is 4.21. The molecule has 1 fully saturated rings. The lowest BCUT2D eigenvalue weighted by molar-refractivity contribution is -0.154. The third kappa shape index (κ3) is 4.97. The molecule has 0 aromatic heterocycles. The topological polar surface area (TPSA) is 12.5 Å². The lowest BCUT2D eigenvalue weighted by atomic mass is 9.81. The van der Waals surface area contributed by atoms with Crippen LogP contribution in [0.2, 0.25) is 0 Å². The van der Waals surface area contributed by atoms with Crippen molar-refractivity contribution in [2.45, 2.75) is 38.9 Å². The van der Waals surface area contributed by atoms with Crippen LogP contribution >= 0.6 is 12.6 Å². The van der Waals surface area contributed by atoms with Crippen LogP contribution in [0.5, 0.6) is 0 Å². The zero-order valence-corrected chi connectivity index (χ0v) is 11.9. The smallest absolute Gasteiger partial charge is 0.381 e. The molecule has 2 nitrogen and oxygen atoms in total. The molecule has 0 saturated carbocycles. The summed E-state index contributed by atoms with van der Waals surface area (Å²) in [6.45, 7) is 4.45. The molecular weight excluding hydrogens is 263 g/mol. The fourth-order valence-electron chi connectivity index (χ4n) is 2.25. The second-order valence-electron chi connectivity index (χ2n) is 5.38. The van der Waals surface area contributed by atoms with Crippen molar-refractivity contribution < 1.29 is 17.9 Å². The number of hydrogen-bond acceptors (Lipinski definition) is 3. The molecule has 0 radical (unpaired) electrons. The average Bonchev–Trinajstić information content (AvgIpc) is 2.27. The van der Waals surface area contributed by atoms with E-state index in [-0.39, 0.29) is 11.5 Å². The first kappa shape index (κ1) is 16.1. The summed E-state index contributed by atoms with van der Waals surface area (Å²) in [4.78, 5) is 1.50. The maximum atomic E-state index is 12.6. The van der Waals surface area contributed by atoms with E-state index in [1.807, 2.05) is 0 Å². The Balaban J connectivity index is 2.68. The summed E-state index contributed by atoms with van der Waals surface area (Å²) in [7, 11) is 0. The van der Waals surface area contributed by atoms with Crippen molar-refractivity contribution in [3.05, 3.63) is 0 Å². The highest BCUT2D eigenvalue weighted by molar-refractivity contribution is 7.80. The fraction of sp³-hybridized carbons (Fsp3) is 1.00. The van der Waals surface area contributed by atoms with Crippen LogP contribution in [0.15, 0.2) is 0 Å². The molecule has 1 aliphatic rings. The molecule has 1 aliphatic heterocycles. The minimum atomic E-state index is -4.15.